The summed E-state index contributed by atoms with van der Waals surface area (Å²) >= 11 is 0. The maximum atomic E-state index is 13.2. The van der Waals surface area contributed by atoms with Crippen LogP contribution in [0, 0.1) is 0 Å². The van der Waals surface area contributed by atoms with E-state index in [1.165, 1.54) is 96.3 Å². The van der Waals surface area contributed by atoms with Crippen LogP contribution in [0.5, 0.6) is 0 Å². The van der Waals surface area contributed by atoms with E-state index in [4.69, 9.17) is 4.74 Å². The molecule has 0 aliphatic rings. The summed E-state index contributed by atoms with van der Waals surface area (Å²) in [6.45, 7) is 6.40. The van der Waals surface area contributed by atoms with Gasteiger partial charge in [0, 0.05) is 6.42 Å². The van der Waals surface area contributed by atoms with E-state index in [0.717, 1.165) is 103 Å². The van der Waals surface area contributed by atoms with Gasteiger partial charge in [-0.25, -0.2) is 0 Å². The van der Waals surface area contributed by atoms with Crippen molar-refractivity contribution in [3.05, 3.63) is 72.9 Å². The van der Waals surface area contributed by atoms with Crippen LogP contribution in [-0.2, 0) is 14.3 Å². The fraction of sp³-hybridized carbons (Fsp3) is 0.750. The Kier molecular flexibility index (Phi) is 47.2. The van der Waals surface area contributed by atoms with Gasteiger partial charge < -0.3 is 20.3 Å². The molecule has 62 heavy (non-hydrogen) atoms. The van der Waals surface area contributed by atoms with Crippen LogP contribution in [-0.4, -0.2) is 46.9 Å². The number of rotatable bonds is 46. The molecule has 0 radical (unpaired) electrons. The lowest BCUT2D eigenvalue weighted by atomic mass is 10.0. The van der Waals surface area contributed by atoms with Crippen molar-refractivity contribution in [3.8, 4) is 0 Å². The van der Waals surface area contributed by atoms with Crippen molar-refractivity contribution in [3.63, 3.8) is 0 Å². The largest absolute Gasteiger partial charge is 0.462 e. The molecule has 0 fully saturated rings. The first-order valence-electron chi connectivity index (χ1n) is 26.2. The molecular formula is C56H99NO5. The number of ether oxygens (including phenoxy) is 1. The summed E-state index contributed by atoms with van der Waals surface area (Å²) in [5, 5.41) is 23.7. The first kappa shape index (κ1) is 59.3. The van der Waals surface area contributed by atoms with E-state index in [0.29, 0.717) is 19.3 Å². The number of aliphatic hydroxyl groups is 2. The maximum absolute atomic E-state index is 13.2. The van der Waals surface area contributed by atoms with Gasteiger partial charge in [0.05, 0.1) is 25.2 Å². The van der Waals surface area contributed by atoms with Crippen molar-refractivity contribution >= 4 is 11.9 Å². The zero-order valence-electron chi connectivity index (χ0n) is 40.7. The highest BCUT2D eigenvalue weighted by molar-refractivity contribution is 5.77. The lowest BCUT2D eigenvalue weighted by molar-refractivity contribution is -0.151. The van der Waals surface area contributed by atoms with Crippen molar-refractivity contribution in [2.75, 3.05) is 6.61 Å². The lowest BCUT2D eigenvalue weighted by Crippen LogP contribution is -2.46. The van der Waals surface area contributed by atoms with Crippen molar-refractivity contribution in [1.82, 2.24) is 5.32 Å². The second-order valence-corrected chi connectivity index (χ2v) is 17.7. The minimum atomic E-state index is -0.800. The third-order valence-electron chi connectivity index (χ3n) is 11.6. The molecule has 0 rings (SSSR count). The molecule has 0 aromatic carbocycles. The number of unbranched alkanes of at least 4 members (excludes halogenated alkanes) is 26. The van der Waals surface area contributed by atoms with Crippen LogP contribution < -0.4 is 5.32 Å². The van der Waals surface area contributed by atoms with Gasteiger partial charge in [-0.3, -0.25) is 9.59 Å². The molecule has 3 N–H and O–H groups in total. The van der Waals surface area contributed by atoms with Gasteiger partial charge in [-0.1, -0.05) is 229 Å². The number of amides is 1. The van der Waals surface area contributed by atoms with Crippen LogP contribution in [0.25, 0.3) is 0 Å². The molecule has 0 spiro atoms. The minimum Gasteiger partial charge on any atom is -0.462 e. The Morgan fingerprint density at radius 1 is 0.468 bits per heavy atom. The van der Waals surface area contributed by atoms with E-state index >= 15 is 0 Å². The molecule has 3 atom stereocenters. The average Bonchev–Trinajstić information content (AvgIpc) is 3.26. The highest BCUT2D eigenvalue weighted by Gasteiger charge is 2.24. The summed E-state index contributed by atoms with van der Waals surface area (Å²) < 4.78 is 5.92. The summed E-state index contributed by atoms with van der Waals surface area (Å²) in [6.07, 6.45) is 62.4. The molecular weight excluding hydrogens is 767 g/mol. The number of carbonyl (C=O) groups excluding carboxylic acids is 2. The third-order valence-corrected chi connectivity index (χ3v) is 11.6. The topological polar surface area (TPSA) is 95.9 Å². The molecule has 0 aromatic heterocycles. The number of carbonyl (C=O) groups is 2. The quantitative estimate of drug-likeness (QED) is 0.0322. The van der Waals surface area contributed by atoms with Crippen LogP contribution in [0.2, 0.25) is 0 Å². The lowest BCUT2D eigenvalue weighted by Gasteiger charge is -2.24. The smallest absolute Gasteiger partial charge is 0.306 e. The number of aliphatic hydroxyl groups excluding tert-OH is 2. The molecule has 0 aliphatic heterocycles. The molecule has 0 heterocycles. The van der Waals surface area contributed by atoms with Gasteiger partial charge in [0.25, 0.3) is 0 Å². The molecule has 3 unspecified atom stereocenters. The fourth-order valence-electron chi connectivity index (χ4n) is 7.61. The zero-order valence-corrected chi connectivity index (χ0v) is 40.7. The molecule has 6 heteroatoms. The Morgan fingerprint density at radius 2 is 0.823 bits per heavy atom. The van der Waals surface area contributed by atoms with Crippen LogP contribution in [0.4, 0.5) is 0 Å². The molecule has 0 bridgehead atoms. The molecule has 6 nitrogen and oxygen atoms in total. The van der Waals surface area contributed by atoms with E-state index in [1.54, 1.807) is 0 Å². The Balaban J connectivity index is 4.65. The normalized spacial score (nSPS) is 13.8. The third kappa shape index (κ3) is 43.9. The van der Waals surface area contributed by atoms with Crippen molar-refractivity contribution in [2.24, 2.45) is 0 Å². The summed E-state index contributed by atoms with van der Waals surface area (Å²) in [5.74, 6) is -0.521. The molecule has 0 aliphatic carbocycles. The Morgan fingerprint density at radius 3 is 1.29 bits per heavy atom. The van der Waals surface area contributed by atoms with Crippen molar-refractivity contribution in [1.29, 1.82) is 0 Å². The second-order valence-electron chi connectivity index (χ2n) is 17.7. The monoisotopic (exact) mass is 866 g/mol. The Hall–Kier alpha value is -2.70. The van der Waals surface area contributed by atoms with Crippen molar-refractivity contribution in [2.45, 2.75) is 264 Å². The zero-order chi connectivity index (χ0) is 45.2. The summed E-state index contributed by atoms with van der Waals surface area (Å²) in [5.41, 5.74) is 0. The number of esters is 1. The van der Waals surface area contributed by atoms with E-state index in [9.17, 15) is 19.8 Å². The van der Waals surface area contributed by atoms with Crippen molar-refractivity contribution < 1.29 is 24.5 Å². The predicted octanol–water partition coefficient (Wildman–Crippen LogP) is 15.8. The van der Waals surface area contributed by atoms with Gasteiger partial charge in [-0.2, -0.15) is 0 Å². The maximum Gasteiger partial charge on any atom is 0.306 e. The van der Waals surface area contributed by atoms with Crippen LogP contribution in [0.3, 0.4) is 0 Å². The van der Waals surface area contributed by atoms with Crippen LogP contribution >= 0.6 is 0 Å². The minimum absolute atomic E-state index is 0.0516. The van der Waals surface area contributed by atoms with E-state index in [2.05, 4.69) is 99.0 Å². The summed E-state index contributed by atoms with van der Waals surface area (Å²) in [7, 11) is 0. The fourth-order valence-corrected chi connectivity index (χ4v) is 7.61. The summed E-state index contributed by atoms with van der Waals surface area (Å²) in [4.78, 5) is 26.2. The van der Waals surface area contributed by atoms with E-state index in [-0.39, 0.29) is 24.9 Å². The Bertz CT molecular complexity index is 1150. The number of nitrogens with one attached hydrogen (secondary N) is 1. The average molecular weight is 866 g/mol. The van der Waals surface area contributed by atoms with Gasteiger partial charge in [0.15, 0.2) is 0 Å². The first-order valence-corrected chi connectivity index (χ1v) is 26.2. The molecule has 1 amide bonds. The van der Waals surface area contributed by atoms with E-state index < -0.39 is 18.2 Å². The van der Waals surface area contributed by atoms with Gasteiger partial charge in [-0.05, 0) is 77.0 Å². The predicted molar refractivity (Wildman–Crippen MR) is 268 cm³/mol. The van der Waals surface area contributed by atoms with Crippen LogP contribution in [0.15, 0.2) is 72.9 Å². The number of allylic oxidation sites excluding steroid dienone is 12. The van der Waals surface area contributed by atoms with Crippen LogP contribution in [0.1, 0.15) is 245 Å². The molecule has 0 aromatic rings. The highest BCUT2D eigenvalue weighted by atomic mass is 16.5. The number of hydrogen-bond acceptors (Lipinski definition) is 5. The second kappa shape index (κ2) is 49.3. The van der Waals surface area contributed by atoms with Gasteiger partial charge in [-0.15, -0.1) is 0 Å². The first-order chi connectivity index (χ1) is 30.5. The number of hydrogen-bond donors (Lipinski definition) is 3. The van der Waals surface area contributed by atoms with E-state index in [1.807, 2.05) is 0 Å². The molecule has 358 valence electrons. The van der Waals surface area contributed by atoms with Gasteiger partial charge >= 0.3 is 5.97 Å². The Labute approximate surface area is 383 Å². The van der Waals surface area contributed by atoms with Gasteiger partial charge in [0.2, 0.25) is 5.91 Å². The molecule has 0 saturated heterocycles. The summed E-state index contributed by atoms with van der Waals surface area (Å²) in [6, 6.07) is -0.715. The standard InChI is InChI=1S/C56H99NO5/c1-4-7-10-13-16-19-22-25-26-27-28-29-31-34-37-40-43-46-49-56(61)62-52(47-44-41-38-35-32-30-23-20-17-14-11-8-5-2)50-55(60)57-53(51-58)54(59)48-45-42-39-36-33-24-21-18-15-12-9-6-3/h16-17,19-20,22-23,25-30,52-54,58-59H,4-15,18,21,24,31-51H2,1-3H3,(H,57,60)/b19-16+,20-17+,25-22+,27-26+,29-28+,30-23+. The van der Waals surface area contributed by atoms with Gasteiger partial charge in [0.1, 0.15) is 6.10 Å². The SMILES string of the molecule is CCCCC/C=C/C=C/C=C/C=C/CCCCCCCC(=O)OC(CCCCCC/C=C/C=C/CCCCC)CC(=O)NC(CO)C(O)CCCCCCCCCCCCCC. The highest BCUT2D eigenvalue weighted by Crippen LogP contribution is 2.17. The molecule has 0 saturated carbocycles.